The number of aromatic nitrogens is 2. The maximum Gasteiger partial charge on any atom is 0.376 e. The van der Waals surface area contributed by atoms with Crippen LogP contribution in [0.1, 0.15) is 36.6 Å². The van der Waals surface area contributed by atoms with Crippen LogP contribution in [-0.4, -0.2) is 40.6 Å². The van der Waals surface area contributed by atoms with Crippen molar-refractivity contribution < 1.29 is 9.53 Å². The zero-order valence-corrected chi connectivity index (χ0v) is 13.0. The van der Waals surface area contributed by atoms with Crippen molar-refractivity contribution in [2.75, 3.05) is 18.6 Å². The molecule has 0 atom stereocenters. The average Bonchev–Trinajstić information content (AvgIpc) is 2.36. The topological polar surface area (TPSA) is 81.3 Å². The van der Waals surface area contributed by atoms with Crippen LogP contribution in [0.25, 0.3) is 0 Å². The Morgan fingerprint density at radius 3 is 2.65 bits per heavy atom. The van der Waals surface area contributed by atoms with Crippen LogP contribution in [0.2, 0.25) is 0 Å². The van der Waals surface area contributed by atoms with E-state index in [2.05, 4.69) is 14.7 Å². The molecule has 0 aliphatic heterocycles. The van der Waals surface area contributed by atoms with Gasteiger partial charge in [0.25, 0.3) is 0 Å². The van der Waals surface area contributed by atoms with Gasteiger partial charge in [0, 0.05) is 30.8 Å². The van der Waals surface area contributed by atoms with Gasteiger partial charge in [-0.1, -0.05) is 12.2 Å². The summed E-state index contributed by atoms with van der Waals surface area (Å²) in [6, 6.07) is 2.02. The number of anilines is 1. The number of nitrogens with zero attached hydrogens (tertiary/aromatic N) is 3. The molecule has 1 aromatic heterocycles. The minimum atomic E-state index is -0.548. The van der Waals surface area contributed by atoms with Crippen molar-refractivity contribution >= 4 is 29.0 Å². The molecule has 0 aliphatic carbocycles. The zero-order valence-electron chi connectivity index (χ0n) is 12.2. The first kappa shape index (κ1) is 16.3. The molecule has 1 heterocycles. The average molecular weight is 296 g/mol. The van der Waals surface area contributed by atoms with Crippen molar-refractivity contribution in [1.82, 2.24) is 9.97 Å². The number of rotatable bonds is 6. The lowest BCUT2D eigenvalue weighted by atomic mass is 10.2. The Kier molecular flexibility index (Phi) is 5.82. The fraction of sp³-hybridized carbons (Fsp3) is 0.538. The third kappa shape index (κ3) is 4.41. The second-order valence-corrected chi connectivity index (χ2v) is 5.21. The summed E-state index contributed by atoms with van der Waals surface area (Å²) in [6.07, 6.45) is 0.587. The van der Waals surface area contributed by atoms with Gasteiger partial charge < -0.3 is 15.4 Å². The lowest BCUT2D eigenvalue weighted by Crippen LogP contribution is -2.34. The minimum absolute atomic E-state index is 0.0588. The highest BCUT2D eigenvalue weighted by atomic mass is 32.1. The Hall–Kier alpha value is -1.76. The van der Waals surface area contributed by atoms with Crippen LogP contribution in [0.15, 0.2) is 6.07 Å². The predicted octanol–water partition coefficient (Wildman–Crippen LogP) is 1.46. The SMILES string of the molecule is COC(=O)c1nc(C)cc(N(CCC(N)=S)C(C)C)n1. The van der Waals surface area contributed by atoms with Gasteiger partial charge in [0.05, 0.1) is 12.1 Å². The Morgan fingerprint density at radius 1 is 1.50 bits per heavy atom. The van der Waals surface area contributed by atoms with Crippen molar-refractivity contribution in [3.05, 3.63) is 17.6 Å². The van der Waals surface area contributed by atoms with Gasteiger partial charge >= 0.3 is 5.97 Å². The number of hydrogen-bond acceptors (Lipinski definition) is 6. The van der Waals surface area contributed by atoms with Gasteiger partial charge in [0.2, 0.25) is 5.82 Å². The largest absolute Gasteiger partial charge is 0.463 e. The molecule has 110 valence electrons. The summed E-state index contributed by atoms with van der Waals surface area (Å²) >= 11 is 4.91. The van der Waals surface area contributed by atoms with Gasteiger partial charge in [-0.25, -0.2) is 14.8 Å². The quantitative estimate of drug-likeness (QED) is 0.628. The minimum Gasteiger partial charge on any atom is -0.463 e. The van der Waals surface area contributed by atoms with Gasteiger partial charge in [-0.2, -0.15) is 0 Å². The summed E-state index contributed by atoms with van der Waals surface area (Å²) in [5.74, 6) is 0.181. The first-order chi connectivity index (χ1) is 9.35. The normalized spacial score (nSPS) is 10.4. The molecule has 0 saturated heterocycles. The van der Waals surface area contributed by atoms with E-state index >= 15 is 0 Å². The number of hydrogen-bond donors (Lipinski definition) is 1. The number of nitrogens with two attached hydrogens (primary N) is 1. The molecular weight excluding hydrogens is 276 g/mol. The molecule has 0 amide bonds. The van der Waals surface area contributed by atoms with Crippen LogP contribution in [0.5, 0.6) is 0 Å². The first-order valence-electron chi connectivity index (χ1n) is 6.34. The van der Waals surface area contributed by atoms with Crippen LogP contribution in [0.4, 0.5) is 5.82 Å². The first-order valence-corrected chi connectivity index (χ1v) is 6.75. The number of methoxy groups -OCH3 is 1. The summed E-state index contributed by atoms with van der Waals surface area (Å²) in [7, 11) is 1.31. The summed E-state index contributed by atoms with van der Waals surface area (Å²) < 4.78 is 4.66. The second kappa shape index (κ2) is 7.14. The maximum atomic E-state index is 11.6. The second-order valence-electron chi connectivity index (χ2n) is 4.69. The number of ether oxygens (including phenoxy) is 1. The van der Waals surface area contributed by atoms with E-state index in [1.54, 1.807) is 0 Å². The Morgan fingerprint density at radius 2 is 2.15 bits per heavy atom. The number of aryl methyl sites for hydroxylation is 1. The zero-order chi connectivity index (χ0) is 15.3. The van der Waals surface area contributed by atoms with E-state index in [1.165, 1.54) is 7.11 Å². The van der Waals surface area contributed by atoms with E-state index in [4.69, 9.17) is 18.0 Å². The van der Waals surface area contributed by atoms with Gasteiger partial charge in [0.1, 0.15) is 5.82 Å². The van der Waals surface area contributed by atoms with E-state index < -0.39 is 5.97 Å². The standard InChI is InChI=1S/C13H20N4O2S/c1-8(2)17(6-5-10(14)20)11-7-9(3)15-12(16-11)13(18)19-4/h7-8H,5-6H2,1-4H3,(H2,14,20). The lowest BCUT2D eigenvalue weighted by Gasteiger charge is -2.28. The maximum absolute atomic E-state index is 11.6. The van der Waals surface area contributed by atoms with E-state index in [9.17, 15) is 4.79 Å². The van der Waals surface area contributed by atoms with Gasteiger partial charge in [-0.15, -0.1) is 0 Å². The molecule has 0 saturated carbocycles. The Bertz CT molecular complexity index is 505. The summed E-state index contributed by atoms with van der Waals surface area (Å²) in [4.78, 5) is 22.4. The van der Waals surface area contributed by atoms with Crippen LogP contribution in [0, 0.1) is 6.92 Å². The molecule has 0 spiro atoms. The third-order valence-electron chi connectivity index (χ3n) is 2.73. The molecule has 0 bridgehead atoms. The molecule has 0 radical (unpaired) electrons. The molecule has 6 nitrogen and oxygen atoms in total. The number of carbonyl (C=O) groups excluding carboxylic acids is 1. The van der Waals surface area contributed by atoms with Crippen LogP contribution >= 0.6 is 12.2 Å². The highest BCUT2D eigenvalue weighted by Crippen LogP contribution is 2.16. The summed E-state index contributed by atoms with van der Waals surface area (Å²) in [6.45, 7) is 6.53. The molecule has 2 N–H and O–H groups in total. The highest BCUT2D eigenvalue weighted by molar-refractivity contribution is 7.80. The lowest BCUT2D eigenvalue weighted by molar-refractivity contribution is 0.0586. The molecule has 0 unspecified atom stereocenters. The molecule has 1 rings (SSSR count). The van der Waals surface area contributed by atoms with E-state index in [0.717, 1.165) is 0 Å². The molecule has 0 aromatic carbocycles. The van der Waals surface area contributed by atoms with Crippen LogP contribution in [-0.2, 0) is 4.74 Å². The van der Waals surface area contributed by atoms with Crippen LogP contribution < -0.4 is 10.6 Å². The molecule has 7 heteroatoms. The number of carbonyl (C=O) groups is 1. The molecule has 1 aromatic rings. The number of esters is 1. The van der Waals surface area contributed by atoms with E-state index in [0.29, 0.717) is 29.5 Å². The van der Waals surface area contributed by atoms with Crippen molar-refractivity contribution in [2.24, 2.45) is 5.73 Å². The van der Waals surface area contributed by atoms with E-state index in [1.807, 2.05) is 31.7 Å². The Labute approximate surface area is 124 Å². The molecular formula is C13H20N4O2S. The van der Waals surface area contributed by atoms with Crippen LogP contribution in [0.3, 0.4) is 0 Å². The van der Waals surface area contributed by atoms with Crippen molar-refractivity contribution in [3.8, 4) is 0 Å². The third-order valence-corrected chi connectivity index (χ3v) is 2.93. The van der Waals surface area contributed by atoms with Gasteiger partial charge in [0.15, 0.2) is 0 Å². The molecule has 0 fully saturated rings. The van der Waals surface area contributed by atoms with Gasteiger partial charge in [-0.3, -0.25) is 0 Å². The van der Waals surface area contributed by atoms with Crippen molar-refractivity contribution in [2.45, 2.75) is 33.2 Å². The number of thiocarbonyl (C=S) groups is 1. The molecule has 20 heavy (non-hydrogen) atoms. The van der Waals surface area contributed by atoms with Crippen molar-refractivity contribution in [1.29, 1.82) is 0 Å². The Balaban J connectivity index is 3.09. The fourth-order valence-electron chi connectivity index (χ4n) is 1.75. The van der Waals surface area contributed by atoms with Crippen molar-refractivity contribution in [3.63, 3.8) is 0 Å². The smallest absolute Gasteiger partial charge is 0.376 e. The van der Waals surface area contributed by atoms with Gasteiger partial charge in [-0.05, 0) is 20.8 Å². The summed E-state index contributed by atoms with van der Waals surface area (Å²) in [5, 5.41) is 0. The predicted molar refractivity (Wildman–Crippen MR) is 82.0 cm³/mol. The molecule has 0 aliphatic rings. The summed E-state index contributed by atoms with van der Waals surface area (Å²) in [5.41, 5.74) is 6.25. The highest BCUT2D eigenvalue weighted by Gasteiger charge is 2.17. The fourth-order valence-corrected chi connectivity index (χ4v) is 1.84. The van der Waals surface area contributed by atoms with E-state index in [-0.39, 0.29) is 11.9 Å². The monoisotopic (exact) mass is 296 g/mol.